The van der Waals surface area contributed by atoms with E-state index in [1.54, 1.807) is 0 Å². The Morgan fingerprint density at radius 1 is 1.17 bits per heavy atom. The van der Waals surface area contributed by atoms with Crippen LogP contribution in [-0.4, -0.2) is 34.1 Å². The Hall–Kier alpha value is -0.940. The van der Waals surface area contributed by atoms with Crippen LogP contribution >= 0.6 is 0 Å². The molecule has 0 aromatic carbocycles. The molecule has 0 saturated heterocycles. The zero-order chi connectivity index (χ0) is 21.1. The van der Waals surface area contributed by atoms with Crippen molar-refractivity contribution in [2.45, 2.75) is 90.8 Å². The fraction of sp³-hybridized carbons (Fsp3) is 0.917. The third-order valence-corrected chi connectivity index (χ3v) is 10.1. The predicted octanol–water partition coefficient (Wildman–Crippen LogP) is 3.06. The first kappa shape index (κ1) is 21.3. The van der Waals surface area contributed by atoms with Crippen LogP contribution in [0.25, 0.3) is 0 Å². The fourth-order valence-electron chi connectivity index (χ4n) is 8.43. The summed E-state index contributed by atoms with van der Waals surface area (Å²) in [5.74, 6) is 1.61. The van der Waals surface area contributed by atoms with Gasteiger partial charge in [0.1, 0.15) is 5.78 Å². The molecule has 4 fully saturated rings. The summed E-state index contributed by atoms with van der Waals surface area (Å²) in [6, 6.07) is 0. The molecular weight excluding hydrogens is 366 g/mol. The van der Waals surface area contributed by atoms with Crippen molar-refractivity contribution in [1.29, 1.82) is 0 Å². The van der Waals surface area contributed by atoms with Gasteiger partial charge in [-0.1, -0.05) is 20.8 Å². The van der Waals surface area contributed by atoms with Crippen LogP contribution < -0.4 is 5.73 Å². The number of ketones is 1. The number of rotatable bonds is 4. The number of hydrogen-bond donors (Lipinski definition) is 3. The maximum atomic E-state index is 13.7. The highest BCUT2D eigenvalue weighted by Gasteiger charge is 2.65. The van der Waals surface area contributed by atoms with Crippen LogP contribution in [0.2, 0.25) is 0 Å². The number of Topliss-reactive ketones (excluding diaryl/α,β-unsaturated/α-hetero) is 1. The normalized spacial score (nSPS) is 50.4. The van der Waals surface area contributed by atoms with Crippen LogP contribution in [-0.2, 0) is 9.59 Å². The zero-order valence-corrected chi connectivity index (χ0v) is 18.3. The van der Waals surface area contributed by atoms with Crippen molar-refractivity contribution >= 4 is 11.7 Å². The third-order valence-electron chi connectivity index (χ3n) is 10.1. The maximum Gasteiger partial charge on any atom is 0.217 e. The molecule has 0 spiro atoms. The first-order valence-electron chi connectivity index (χ1n) is 11.8. The summed E-state index contributed by atoms with van der Waals surface area (Å²) in [4.78, 5) is 24.9. The van der Waals surface area contributed by atoms with Gasteiger partial charge in [0.05, 0.1) is 12.2 Å². The summed E-state index contributed by atoms with van der Waals surface area (Å²) in [5, 5.41) is 21.4. The van der Waals surface area contributed by atoms with Crippen LogP contribution in [0.15, 0.2) is 0 Å². The van der Waals surface area contributed by atoms with Crippen LogP contribution in [0.4, 0.5) is 0 Å². The molecule has 0 aromatic rings. The van der Waals surface area contributed by atoms with Gasteiger partial charge in [0, 0.05) is 18.3 Å². The summed E-state index contributed by atoms with van der Waals surface area (Å²) in [6.07, 6.45) is 6.35. The lowest BCUT2D eigenvalue weighted by atomic mass is 9.43. The van der Waals surface area contributed by atoms with E-state index in [1.807, 2.05) is 0 Å². The van der Waals surface area contributed by atoms with E-state index >= 15 is 0 Å². The molecule has 0 bridgehead atoms. The average molecular weight is 406 g/mol. The van der Waals surface area contributed by atoms with E-state index in [4.69, 9.17) is 5.73 Å². The number of nitrogens with two attached hydrogens (primary N) is 1. The van der Waals surface area contributed by atoms with Crippen molar-refractivity contribution in [1.82, 2.24) is 0 Å². The first-order chi connectivity index (χ1) is 13.6. The van der Waals surface area contributed by atoms with Gasteiger partial charge >= 0.3 is 0 Å². The molecule has 4 N–H and O–H groups in total. The monoisotopic (exact) mass is 405 g/mol. The molecular formula is C24H39NO4. The molecule has 10 atom stereocenters. The van der Waals surface area contributed by atoms with Gasteiger partial charge in [0.25, 0.3) is 0 Å². The van der Waals surface area contributed by atoms with Gasteiger partial charge in [-0.25, -0.2) is 0 Å². The van der Waals surface area contributed by atoms with E-state index in [-0.39, 0.29) is 53.1 Å². The molecule has 0 heterocycles. The second-order valence-corrected chi connectivity index (χ2v) is 11.3. The number of aliphatic hydroxyl groups excluding tert-OH is 2. The quantitative estimate of drug-likeness (QED) is 0.669. The minimum atomic E-state index is -0.392. The molecule has 4 aliphatic rings. The molecule has 1 amide bonds. The van der Waals surface area contributed by atoms with Gasteiger partial charge in [0.2, 0.25) is 5.91 Å². The minimum absolute atomic E-state index is 0.0514. The summed E-state index contributed by atoms with van der Waals surface area (Å²) in [6.45, 7) is 6.64. The Morgan fingerprint density at radius 2 is 1.90 bits per heavy atom. The smallest absolute Gasteiger partial charge is 0.217 e. The molecule has 0 aromatic heterocycles. The van der Waals surface area contributed by atoms with Gasteiger partial charge in [-0.3, -0.25) is 9.59 Å². The van der Waals surface area contributed by atoms with Crippen LogP contribution in [0, 0.1) is 46.3 Å². The van der Waals surface area contributed by atoms with Crippen molar-refractivity contribution in [3.8, 4) is 0 Å². The minimum Gasteiger partial charge on any atom is -0.393 e. The van der Waals surface area contributed by atoms with Gasteiger partial charge in [-0.05, 0) is 85.9 Å². The van der Waals surface area contributed by atoms with E-state index < -0.39 is 5.41 Å². The third kappa shape index (κ3) is 3.18. The predicted molar refractivity (Wildman–Crippen MR) is 111 cm³/mol. The molecule has 4 rings (SSSR count). The van der Waals surface area contributed by atoms with Crippen molar-refractivity contribution in [2.75, 3.05) is 0 Å². The fourth-order valence-corrected chi connectivity index (χ4v) is 8.43. The largest absolute Gasteiger partial charge is 0.393 e. The second-order valence-electron chi connectivity index (χ2n) is 11.3. The molecule has 0 aliphatic heterocycles. The summed E-state index contributed by atoms with van der Waals surface area (Å²) >= 11 is 0. The lowest BCUT2D eigenvalue weighted by Crippen LogP contribution is -2.61. The molecule has 164 valence electrons. The number of carbonyl (C=O) groups excluding carboxylic acids is 2. The summed E-state index contributed by atoms with van der Waals surface area (Å²) in [5.41, 5.74) is 5.03. The Kier molecular flexibility index (Phi) is 5.39. The molecule has 4 saturated carbocycles. The molecule has 5 heteroatoms. The first-order valence-corrected chi connectivity index (χ1v) is 11.8. The Morgan fingerprint density at radius 3 is 2.59 bits per heavy atom. The number of aliphatic hydroxyl groups is 2. The molecule has 4 aliphatic carbocycles. The highest BCUT2D eigenvalue weighted by Crippen LogP contribution is 2.67. The maximum absolute atomic E-state index is 13.7. The summed E-state index contributed by atoms with van der Waals surface area (Å²) < 4.78 is 0. The average Bonchev–Trinajstić information content (AvgIpc) is 3.01. The number of amides is 1. The van der Waals surface area contributed by atoms with Crippen LogP contribution in [0.5, 0.6) is 0 Å². The standard InChI is InChI=1S/C24H39NO4/c1-13(4-7-21(25)29)16-5-6-17-22-18(12-20(28)24(16,17)3)23(2)9-8-15(26)10-14(23)11-19(22)27/h13-19,22,26-27H,4-12H2,1-3H3,(H2,25,29)/t13-,14+,15-,16-,17+,18+,19-,22+,23+,24-/m1/s1. The Bertz CT molecular complexity index is 680. The van der Waals surface area contributed by atoms with Crippen molar-refractivity contribution < 1.29 is 19.8 Å². The number of primary amides is 1. The van der Waals surface area contributed by atoms with Crippen LogP contribution in [0.1, 0.15) is 78.6 Å². The molecule has 5 nitrogen and oxygen atoms in total. The number of carbonyl (C=O) groups is 2. The van der Waals surface area contributed by atoms with Gasteiger partial charge < -0.3 is 15.9 Å². The van der Waals surface area contributed by atoms with E-state index in [0.717, 1.165) is 44.9 Å². The van der Waals surface area contributed by atoms with Gasteiger partial charge in [-0.2, -0.15) is 0 Å². The number of hydrogen-bond acceptors (Lipinski definition) is 4. The van der Waals surface area contributed by atoms with E-state index in [1.165, 1.54) is 0 Å². The van der Waals surface area contributed by atoms with Crippen LogP contribution in [0.3, 0.4) is 0 Å². The van der Waals surface area contributed by atoms with Gasteiger partial charge in [-0.15, -0.1) is 0 Å². The van der Waals surface area contributed by atoms with Gasteiger partial charge in [0.15, 0.2) is 0 Å². The molecule has 29 heavy (non-hydrogen) atoms. The van der Waals surface area contributed by atoms with Crippen molar-refractivity contribution in [3.05, 3.63) is 0 Å². The van der Waals surface area contributed by atoms with Crippen molar-refractivity contribution in [2.24, 2.45) is 52.1 Å². The summed E-state index contributed by atoms with van der Waals surface area (Å²) in [7, 11) is 0. The molecule has 0 unspecified atom stereocenters. The number of fused-ring (bicyclic) bond motifs is 5. The highest BCUT2D eigenvalue weighted by atomic mass is 16.3. The second kappa shape index (κ2) is 7.33. The Balaban J connectivity index is 1.62. The zero-order valence-electron chi connectivity index (χ0n) is 18.3. The molecule has 0 radical (unpaired) electrons. The lowest BCUT2D eigenvalue weighted by molar-refractivity contribution is -0.181. The Labute approximate surface area is 174 Å². The van der Waals surface area contributed by atoms with E-state index in [2.05, 4.69) is 20.8 Å². The highest BCUT2D eigenvalue weighted by molar-refractivity contribution is 5.87. The van der Waals surface area contributed by atoms with E-state index in [9.17, 15) is 19.8 Å². The lowest BCUT2D eigenvalue weighted by Gasteiger charge is -2.61. The SMILES string of the molecule is C[C@H](CCC(N)=O)[C@H]1CC[C@H]2[C@@H]3[C@H](O)C[C@@H]4C[C@H](O)CC[C@]4(C)[C@H]3CC(=O)[C@]12C. The van der Waals surface area contributed by atoms with Crippen molar-refractivity contribution in [3.63, 3.8) is 0 Å². The topological polar surface area (TPSA) is 101 Å². The van der Waals surface area contributed by atoms with E-state index in [0.29, 0.717) is 24.5 Å².